The molecular weight excluding hydrogens is 238 g/mol. The van der Waals surface area contributed by atoms with E-state index in [1.165, 1.54) is 42.6 Å². The van der Waals surface area contributed by atoms with Crippen LogP contribution in [0.5, 0.6) is 0 Å². The van der Waals surface area contributed by atoms with E-state index in [4.69, 9.17) is 0 Å². The second-order valence-electron chi connectivity index (χ2n) is 5.31. The molecule has 1 nitrogen and oxygen atoms in total. The van der Waals surface area contributed by atoms with Crippen molar-refractivity contribution in [1.29, 1.82) is 0 Å². The molecule has 2 rings (SSSR count). The maximum atomic E-state index is 3.73. The molecule has 0 spiro atoms. The Morgan fingerprint density at radius 3 is 2.61 bits per heavy atom. The van der Waals surface area contributed by atoms with Crippen LogP contribution < -0.4 is 5.32 Å². The molecule has 0 aliphatic heterocycles. The van der Waals surface area contributed by atoms with E-state index in [9.17, 15) is 0 Å². The van der Waals surface area contributed by atoms with Gasteiger partial charge in [-0.2, -0.15) is 0 Å². The van der Waals surface area contributed by atoms with Crippen molar-refractivity contribution in [2.45, 2.75) is 62.1 Å². The molecule has 1 fully saturated rings. The van der Waals surface area contributed by atoms with Gasteiger partial charge in [0.2, 0.25) is 0 Å². The molecule has 0 saturated heterocycles. The summed E-state index contributed by atoms with van der Waals surface area (Å²) in [5, 5.41) is 4.49. The lowest BCUT2D eigenvalue weighted by molar-refractivity contribution is 0.384. The van der Waals surface area contributed by atoms with Crippen LogP contribution in [0.2, 0.25) is 0 Å². The normalized spacial score (nSPS) is 24.1. The van der Waals surface area contributed by atoms with E-state index >= 15 is 0 Å². The van der Waals surface area contributed by atoms with Crippen LogP contribution in [0.4, 0.5) is 0 Å². The maximum absolute atomic E-state index is 3.73. The molecule has 2 heteroatoms. The van der Waals surface area contributed by atoms with E-state index in [1.54, 1.807) is 0 Å². The van der Waals surface area contributed by atoms with Crippen molar-refractivity contribution < 1.29 is 0 Å². The van der Waals surface area contributed by atoms with Crippen molar-refractivity contribution in [3.8, 4) is 0 Å². The van der Waals surface area contributed by atoms with Crippen molar-refractivity contribution in [3.05, 3.63) is 29.8 Å². The lowest BCUT2D eigenvalue weighted by Gasteiger charge is -2.32. The molecule has 1 aromatic carbocycles. The van der Waals surface area contributed by atoms with Gasteiger partial charge in [0.1, 0.15) is 0 Å². The average molecular weight is 263 g/mol. The highest BCUT2D eigenvalue weighted by Crippen LogP contribution is 2.33. The topological polar surface area (TPSA) is 12.0 Å². The number of benzene rings is 1. The SMILES string of the molecule is CCCNC1CCCCC1Sc1ccc(C)cc1. The minimum Gasteiger partial charge on any atom is -0.313 e. The molecule has 100 valence electrons. The molecule has 1 N–H and O–H groups in total. The van der Waals surface area contributed by atoms with Gasteiger partial charge in [0.05, 0.1) is 0 Å². The summed E-state index contributed by atoms with van der Waals surface area (Å²) in [4.78, 5) is 1.43. The lowest BCUT2D eigenvalue weighted by Crippen LogP contribution is -2.40. The molecule has 0 heterocycles. The Kier molecular flexibility index (Phi) is 5.58. The van der Waals surface area contributed by atoms with Gasteiger partial charge in [0.25, 0.3) is 0 Å². The Labute approximate surface area is 116 Å². The van der Waals surface area contributed by atoms with Crippen molar-refractivity contribution in [3.63, 3.8) is 0 Å². The smallest absolute Gasteiger partial charge is 0.0248 e. The van der Waals surface area contributed by atoms with Crippen LogP contribution in [-0.2, 0) is 0 Å². The number of hydrogen-bond acceptors (Lipinski definition) is 2. The van der Waals surface area contributed by atoms with Gasteiger partial charge in [-0.05, 0) is 44.9 Å². The predicted octanol–water partition coefficient (Wildman–Crippen LogP) is 4.40. The zero-order chi connectivity index (χ0) is 12.8. The molecule has 1 aliphatic carbocycles. The summed E-state index contributed by atoms with van der Waals surface area (Å²) in [6, 6.07) is 9.70. The van der Waals surface area contributed by atoms with E-state index in [0.717, 1.165) is 11.8 Å². The van der Waals surface area contributed by atoms with Crippen LogP contribution >= 0.6 is 11.8 Å². The van der Waals surface area contributed by atoms with Crippen LogP contribution in [0.15, 0.2) is 29.2 Å². The number of hydrogen-bond donors (Lipinski definition) is 1. The van der Waals surface area contributed by atoms with E-state index in [2.05, 4.69) is 55.2 Å². The monoisotopic (exact) mass is 263 g/mol. The van der Waals surface area contributed by atoms with E-state index < -0.39 is 0 Å². The first kappa shape index (κ1) is 14.0. The first-order valence-corrected chi connectivity index (χ1v) is 8.14. The predicted molar refractivity (Wildman–Crippen MR) is 81.4 cm³/mol. The van der Waals surface area contributed by atoms with Gasteiger partial charge >= 0.3 is 0 Å². The molecule has 0 amide bonds. The maximum Gasteiger partial charge on any atom is 0.0248 e. The molecule has 0 aromatic heterocycles. The molecule has 0 radical (unpaired) electrons. The fraction of sp³-hybridized carbons (Fsp3) is 0.625. The summed E-state index contributed by atoms with van der Waals surface area (Å²) < 4.78 is 0. The highest BCUT2D eigenvalue weighted by atomic mass is 32.2. The Morgan fingerprint density at radius 1 is 1.17 bits per heavy atom. The summed E-state index contributed by atoms with van der Waals surface area (Å²) in [6.45, 7) is 5.56. The number of nitrogens with one attached hydrogen (secondary N) is 1. The summed E-state index contributed by atoms with van der Waals surface area (Å²) in [5.41, 5.74) is 1.35. The van der Waals surface area contributed by atoms with Crippen molar-refractivity contribution >= 4 is 11.8 Å². The Hall–Kier alpha value is -0.470. The third-order valence-corrected chi connectivity index (χ3v) is 5.08. The van der Waals surface area contributed by atoms with Gasteiger partial charge in [0, 0.05) is 16.2 Å². The molecule has 2 atom stereocenters. The summed E-state index contributed by atoms with van der Waals surface area (Å²) >= 11 is 2.07. The fourth-order valence-corrected chi connectivity index (χ4v) is 3.92. The van der Waals surface area contributed by atoms with Gasteiger partial charge in [-0.25, -0.2) is 0 Å². The Balaban J connectivity index is 1.94. The largest absolute Gasteiger partial charge is 0.313 e. The number of aryl methyl sites for hydroxylation is 1. The van der Waals surface area contributed by atoms with Gasteiger partial charge < -0.3 is 5.32 Å². The highest BCUT2D eigenvalue weighted by molar-refractivity contribution is 8.00. The zero-order valence-corrected chi connectivity index (χ0v) is 12.4. The summed E-state index contributed by atoms with van der Waals surface area (Å²) in [6.07, 6.45) is 6.74. The van der Waals surface area contributed by atoms with Crippen LogP contribution in [0.1, 0.15) is 44.6 Å². The quantitative estimate of drug-likeness (QED) is 0.845. The van der Waals surface area contributed by atoms with E-state index in [1.807, 2.05) is 0 Å². The molecule has 18 heavy (non-hydrogen) atoms. The van der Waals surface area contributed by atoms with Crippen LogP contribution in [0.25, 0.3) is 0 Å². The van der Waals surface area contributed by atoms with Crippen molar-refractivity contribution in [2.75, 3.05) is 6.54 Å². The second-order valence-corrected chi connectivity index (χ2v) is 6.63. The van der Waals surface area contributed by atoms with E-state index in [0.29, 0.717) is 6.04 Å². The van der Waals surface area contributed by atoms with Crippen molar-refractivity contribution in [1.82, 2.24) is 5.32 Å². The molecule has 1 aromatic rings. The minimum atomic E-state index is 0.713. The average Bonchev–Trinajstić information content (AvgIpc) is 2.40. The van der Waals surface area contributed by atoms with E-state index in [-0.39, 0.29) is 0 Å². The number of rotatable bonds is 5. The van der Waals surface area contributed by atoms with Crippen LogP contribution in [-0.4, -0.2) is 17.8 Å². The molecule has 2 unspecified atom stereocenters. The highest BCUT2D eigenvalue weighted by Gasteiger charge is 2.25. The van der Waals surface area contributed by atoms with Gasteiger partial charge in [-0.3, -0.25) is 0 Å². The van der Waals surface area contributed by atoms with Crippen LogP contribution in [0, 0.1) is 6.92 Å². The molecule has 1 saturated carbocycles. The summed E-state index contributed by atoms with van der Waals surface area (Å²) in [7, 11) is 0. The van der Waals surface area contributed by atoms with Crippen molar-refractivity contribution in [2.24, 2.45) is 0 Å². The molecular formula is C16H25NS. The summed E-state index contributed by atoms with van der Waals surface area (Å²) in [5.74, 6) is 0. The van der Waals surface area contributed by atoms with Gasteiger partial charge in [-0.1, -0.05) is 37.5 Å². The zero-order valence-electron chi connectivity index (χ0n) is 11.6. The first-order valence-electron chi connectivity index (χ1n) is 7.26. The van der Waals surface area contributed by atoms with Gasteiger partial charge in [-0.15, -0.1) is 11.8 Å². The Morgan fingerprint density at radius 2 is 1.89 bits per heavy atom. The third-order valence-electron chi connectivity index (χ3n) is 3.67. The van der Waals surface area contributed by atoms with Crippen LogP contribution in [0.3, 0.4) is 0 Å². The molecule has 1 aliphatic rings. The second kappa shape index (κ2) is 7.20. The fourth-order valence-electron chi connectivity index (χ4n) is 2.59. The minimum absolute atomic E-state index is 0.713. The standard InChI is InChI=1S/C16H25NS/c1-3-12-17-15-6-4-5-7-16(15)18-14-10-8-13(2)9-11-14/h8-11,15-17H,3-7,12H2,1-2H3. The Bertz CT molecular complexity index is 347. The lowest BCUT2D eigenvalue weighted by atomic mass is 9.95. The van der Waals surface area contributed by atoms with Gasteiger partial charge in [0.15, 0.2) is 0 Å². The molecule has 0 bridgehead atoms. The number of thioether (sulfide) groups is 1. The third kappa shape index (κ3) is 4.03. The first-order chi connectivity index (χ1) is 8.79.